The summed E-state index contributed by atoms with van der Waals surface area (Å²) in [4.78, 5) is 48.7. The molecule has 0 spiro atoms. The molecule has 0 saturated heterocycles. The van der Waals surface area contributed by atoms with Gasteiger partial charge in [-0.3, -0.25) is 19.4 Å². The van der Waals surface area contributed by atoms with Crippen LogP contribution in [-0.2, 0) is 23.5 Å². The summed E-state index contributed by atoms with van der Waals surface area (Å²) in [5.41, 5.74) is 0. The Balaban J connectivity index is 4.22. The zero-order chi connectivity index (χ0) is 13.6. The molecule has 98 valence electrons. The van der Waals surface area contributed by atoms with Gasteiger partial charge in [0.25, 0.3) is 0 Å². The van der Waals surface area contributed by atoms with Gasteiger partial charge in [-0.25, -0.2) is 9.36 Å². The van der Waals surface area contributed by atoms with Gasteiger partial charge in [-0.2, -0.15) is 0 Å². The van der Waals surface area contributed by atoms with Gasteiger partial charge in [0.1, 0.15) is 6.04 Å². The lowest BCUT2D eigenvalue weighted by Crippen LogP contribution is -2.39. The van der Waals surface area contributed by atoms with Crippen molar-refractivity contribution in [3.8, 4) is 0 Å². The zero-order valence-corrected chi connectivity index (χ0v) is 9.72. The topological polar surface area (TPSA) is 150 Å². The molecule has 0 aliphatic carbocycles. The predicted molar refractivity (Wildman–Crippen MR) is 52.6 cm³/mol. The van der Waals surface area contributed by atoms with Crippen molar-refractivity contribution in [1.29, 1.82) is 0 Å². The van der Waals surface area contributed by atoms with Gasteiger partial charge in [-0.15, -0.1) is 0 Å². The van der Waals surface area contributed by atoms with E-state index in [1.807, 2.05) is 0 Å². The molecule has 17 heavy (non-hydrogen) atoms. The van der Waals surface area contributed by atoms with Crippen LogP contribution in [-0.4, -0.2) is 38.8 Å². The number of phosphoric acid groups is 1. The van der Waals surface area contributed by atoms with Crippen molar-refractivity contribution in [2.75, 3.05) is 0 Å². The lowest BCUT2D eigenvalue weighted by molar-refractivity contribution is -0.142. The molecule has 0 radical (unpaired) electrons. The second kappa shape index (κ2) is 6.33. The number of rotatable bonds is 6. The van der Waals surface area contributed by atoms with Crippen LogP contribution < -0.4 is 5.32 Å². The maximum absolute atomic E-state index is 10.9. The monoisotopic (exact) mass is 269 g/mol. The van der Waals surface area contributed by atoms with Crippen LogP contribution in [0.25, 0.3) is 0 Å². The molecule has 0 aliphatic heterocycles. The molecule has 0 saturated carbocycles. The number of hydrogen-bond donors (Lipinski definition) is 4. The minimum Gasteiger partial charge on any atom is -0.480 e. The third-order valence-electron chi connectivity index (χ3n) is 1.53. The van der Waals surface area contributed by atoms with Gasteiger partial charge in [0.15, 0.2) is 0 Å². The SMILES string of the molecule is CC(=O)N[C@H](CCC(=O)OP(=O)(O)O)C(=O)O. The molecule has 1 amide bonds. The highest BCUT2D eigenvalue weighted by atomic mass is 31.2. The first-order chi connectivity index (χ1) is 7.61. The van der Waals surface area contributed by atoms with Gasteiger partial charge in [-0.1, -0.05) is 0 Å². The third-order valence-corrected chi connectivity index (χ3v) is 1.97. The summed E-state index contributed by atoms with van der Waals surface area (Å²) in [6.07, 6.45) is -0.865. The Kier molecular flexibility index (Phi) is 5.80. The van der Waals surface area contributed by atoms with E-state index in [0.717, 1.165) is 6.92 Å². The minimum absolute atomic E-state index is 0.326. The molecule has 0 aromatic rings. The Morgan fingerprint density at radius 2 is 1.88 bits per heavy atom. The number of carboxylic acid groups (broad SMARTS) is 1. The first kappa shape index (κ1) is 15.6. The molecule has 10 heteroatoms. The number of amides is 1. The molecule has 0 heterocycles. The van der Waals surface area contributed by atoms with E-state index in [2.05, 4.69) is 9.84 Å². The maximum Gasteiger partial charge on any atom is 0.526 e. The van der Waals surface area contributed by atoms with Crippen LogP contribution in [0.5, 0.6) is 0 Å². The summed E-state index contributed by atoms with van der Waals surface area (Å²) in [7, 11) is -4.92. The van der Waals surface area contributed by atoms with Crippen molar-refractivity contribution in [1.82, 2.24) is 5.32 Å². The van der Waals surface area contributed by atoms with Crippen LogP contribution in [0.2, 0.25) is 0 Å². The van der Waals surface area contributed by atoms with E-state index in [4.69, 9.17) is 14.9 Å². The quantitative estimate of drug-likeness (QED) is 0.448. The van der Waals surface area contributed by atoms with Gasteiger partial charge in [-0.05, 0) is 6.42 Å². The number of nitrogens with one attached hydrogen (secondary N) is 1. The highest BCUT2D eigenvalue weighted by molar-refractivity contribution is 7.46. The molecule has 1 atom stereocenters. The summed E-state index contributed by atoms with van der Waals surface area (Å²) in [6, 6.07) is -1.31. The van der Waals surface area contributed by atoms with E-state index in [-0.39, 0.29) is 6.42 Å². The van der Waals surface area contributed by atoms with E-state index in [1.165, 1.54) is 0 Å². The first-order valence-electron chi connectivity index (χ1n) is 4.39. The summed E-state index contributed by atoms with van der Waals surface area (Å²) >= 11 is 0. The molecule has 0 aromatic heterocycles. The van der Waals surface area contributed by atoms with Crippen LogP contribution in [0.3, 0.4) is 0 Å². The fourth-order valence-electron chi connectivity index (χ4n) is 0.943. The van der Waals surface area contributed by atoms with Crippen molar-refractivity contribution in [3.05, 3.63) is 0 Å². The Hall–Kier alpha value is -1.44. The summed E-state index contributed by atoms with van der Waals surface area (Å²) in [6.45, 7) is 1.10. The van der Waals surface area contributed by atoms with Crippen LogP contribution in [0.1, 0.15) is 19.8 Å². The van der Waals surface area contributed by atoms with E-state index >= 15 is 0 Å². The van der Waals surface area contributed by atoms with Gasteiger partial charge < -0.3 is 14.9 Å². The molecule has 0 bridgehead atoms. The Bertz CT molecular complexity index is 361. The largest absolute Gasteiger partial charge is 0.526 e. The second-order valence-electron chi connectivity index (χ2n) is 3.08. The zero-order valence-electron chi connectivity index (χ0n) is 8.82. The first-order valence-corrected chi connectivity index (χ1v) is 5.92. The fraction of sp³-hybridized carbons (Fsp3) is 0.571. The maximum atomic E-state index is 10.9. The Morgan fingerprint density at radius 3 is 2.24 bits per heavy atom. The van der Waals surface area contributed by atoms with Gasteiger partial charge in [0.2, 0.25) is 5.91 Å². The average molecular weight is 269 g/mol. The van der Waals surface area contributed by atoms with E-state index in [0.29, 0.717) is 0 Å². The van der Waals surface area contributed by atoms with E-state index < -0.39 is 38.1 Å². The number of carbonyl (C=O) groups is 3. The normalized spacial score (nSPS) is 12.6. The predicted octanol–water partition coefficient (Wildman–Crippen LogP) is -1.01. The molecule has 0 fully saturated rings. The van der Waals surface area contributed by atoms with Crippen molar-refractivity contribution in [3.63, 3.8) is 0 Å². The van der Waals surface area contributed by atoms with Crippen molar-refractivity contribution in [2.24, 2.45) is 0 Å². The van der Waals surface area contributed by atoms with Crippen molar-refractivity contribution in [2.45, 2.75) is 25.8 Å². The molecule has 4 N–H and O–H groups in total. The van der Waals surface area contributed by atoms with Crippen LogP contribution in [0, 0.1) is 0 Å². The summed E-state index contributed by atoms with van der Waals surface area (Å²) < 4.78 is 14.0. The molecular formula is C7H12NO8P. The van der Waals surface area contributed by atoms with Crippen LogP contribution >= 0.6 is 7.82 Å². The molecule has 0 unspecified atom stereocenters. The van der Waals surface area contributed by atoms with Gasteiger partial charge in [0.05, 0.1) is 0 Å². The molecule has 0 aromatic carbocycles. The fourth-order valence-corrected chi connectivity index (χ4v) is 1.30. The highest BCUT2D eigenvalue weighted by Gasteiger charge is 2.24. The van der Waals surface area contributed by atoms with Crippen LogP contribution in [0.4, 0.5) is 0 Å². The van der Waals surface area contributed by atoms with Crippen LogP contribution in [0.15, 0.2) is 0 Å². The minimum atomic E-state index is -4.92. The van der Waals surface area contributed by atoms with Crippen molar-refractivity contribution < 1.29 is 38.4 Å². The number of aliphatic carboxylic acids is 1. The van der Waals surface area contributed by atoms with E-state index in [1.54, 1.807) is 0 Å². The summed E-state index contributed by atoms with van der Waals surface area (Å²) in [5, 5.41) is 10.7. The average Bonchev–Trinajstić information content (AvgIpc) is 2.08. The van der Waals surface area contributed by atoms with Crippen molar-refractivity contribution >= 4 is 25.7 Å². The number of phosphoric ester groups is 1. The summed E-state index contributed by atoms with van der Waals surface area (Å²) in [5.74, 6) is -3.19. The lowest BCUT2D eigenvalue weighted by atomic mass is 10.1. The second-order valence-corrected chi connectivity index (χ2v) is 4.25. The highest BCUT2D eigenvalue weighted by Crippen LogP contribution is 2.36. The van der Waals surface area contributed by atoms with E-state index in [9.17, 15) is 18.9 Å². The smallest absolute Gasteiger partial charge is 0.480 e. The molecule has 0 rings (SSSR count). The standard InChI is InChI=1S/C7H12NO8P/c1-4(9)8-5(7(11)12)2-3-6(10)16-17(13,14)15/h5H,2-3H2,1H3,(H,8,9)(H,11,12)(H2,13,14,15)/t5-/m1/s1. The Labute approximate surface area is 96.0 Å². The Morgan fingerprint density at radius 1 is 1.35 bits per heavy atom. The third kappa shape index (κ3) is 8.38. The van der Waals surface area contributed by atoms with Gasteiger partial charge in [0, 0.05) is 13.3 Å². The lowest BCUT2D eigenvalue weighted by Gasteiger charge is -2.12. The number of carboxylic acids is 1. The van der Waals surface area contributed by atoms with Gasteiger partial charge >= 0.3 is 19.8 Å². The molecular weight excluding hydrogens is 257 g/mol. The molecule has 9 nitrogen and oxygen atoms in total. The number of carbonyl (C=O) groups excluding carboxylic acids is 2. The number of hydrogen-bond acceptors (Lipinski definition) is 5. The molecule has 0 aliphatic rings.